The molecule has 2 aromatic heterocycles. The molecule has 28 heavy (non-hydrogen) atoms. The van der Waals surface area contributed by atoms with E-state index in [0.717, 1.165) is 10.9 Å². The summed E-state index contributed by atoms with van der Waals surface area (Å²) in [5, 5.41) is 11.8. The summed E-state index contributed by atoms with van der Waals surface area (Å²) in [6.07, 6.45) is 1.50. The molecule has 0 saturated carbocycles. The van der Waals surface area contributed by atoms with E-state index in [1.165, 1.54) is 13.3 Å². The molecule has 0 radical (unpaired) electrons. The predicted molar refractivity (Wildman–Crippen MR) is 108 cm³/mol. The molecule has 2 heterocycles. The van der Waals surface area contributed by atoms with Crippen molar-refractivity contribution in [2.24, 2.45) is 0 Å². The van der Waals surface area contributed by atoms with Gasteiger partial charge in [-0.1, -0.05) is 29.3 Å². The highest BCUT2D eigenvalue weighted by molar-refractivity contribution is 6.35. The van der Waals surface area contributed by atoms with Crippen LogP contribution in [0.25, 0.3) is 21.8 Å². The summed E-state index contributed by atoms with van der Waals surface area (Å²) in [6.45, 7) is 0.0922. The van der Waals surface area contributed by atoms with Crippen molar-refractivity contribution in [1.82, 2.24) is 9.97 Å². The zero-order valence-corrected chi connectivity index (χ0v) is 16.1. The Balaban J connectivity index is 1.99. The third-order valence-electron chi connectivity index (χ3n) is 4.33. The minimum atomic E-state index is -1.12. The van der Waals surface area contributed by atoms with E-state index >= 15 is 0 Å². The minimum absolute atomic E-state index is 0.0606. The minimum Gasteiger partial charge on any atom is -0.477 e. The van der Waals surface area contributed by atoms with Crippen molar-refractivity contribution >= 4 is 51.0 Å². The van der Waals surface area contributed by atoms with Gasteiger partial charge in [-0.25, -0.2) is 9.78 Å². The Hall–Kier alpha value is -2.80. The summed E-state index contributed by atoms with van der Waals surface area (Å²) in [5.74, 6) is -0.163. The summed E-state index contributed by atoms with van der Waals surface area (Å²) < 4.78 is 11.3. The summed E-state index contributed by atoms with van der Waals surface area (Å²) in [4.78, 5) is 19.0. The Morgan fingerprint density at radius 2 is 1.96 bits per heavy atom. The average Bonchev–Trinajstić information content (AvgIpc) is 3.04. The van der Waals surface area contributed by atoms with E-state index in [2.05, 4.69) is 9.97 Å². The van der Waals surface area contributed by atoms with Crippen molar-refractivity contribution in [2.75, 3.05) is 7.11 Å². The second kappa shape index (κ2) is 7.31. The molecule has 142 valence electrons. The average molecular weight is 417 g/mol. The summed E-state index contributed by atoms with van der Waals surface area (Å²) >= 11 is 12.2. The number of rotatable bonds is 5. The second-order valence-corrected chi connectivity index (χ2v) is 6.94. The lowest BCUT2D eigenvalue weighted by Gasteiger charge is -2.11. The SMILES string of the molecule is COCc1c(C(=O)O)ncc2[nH]c3cccc(Oc4ccc(Cl)cc4Cl)c3c12. The lowest BCUT2D eigenvalue weighted by Crippen LogP contribution is -2.07. The first-order valence-electron chi connectivity index (χ1n) is 8.27. The van der Waals surface area contributed by atoms with Crippen molar-refractivity contribution in [2.45, 2.75) is 6.61 Å². The first kappa shape index (κ1) is 18.6. The van der Waals surface area contributed by atoms with Crippen LogP contribution < -0.4 is 4.74 Å². The third-order valence-corrected chi connectivity index (χ3v) is 4.86. The van der Waals surface area contributed by atoms with Crippen LogP contribution in [0.2, 0.25) is 10.0 Å². The molecule has 0 amide bonds. The van der Waals surface area contributed by atoms with Crippen molar-refractivity contribution in [3.8, 4) is 11.5 Å². The number of benzene rings is 2. The Labute approximate surface area is 169 Å². The quantitative estimate of drug-likeness (QED) is 0.438. The topological polar surface area (TPSA) is 84.4 Å². The van der Waals surface area contributed by atoms with Gasteiger partial charge in [0.05, 0.1) is 34.2 Å². The third kappa shape index (κ3) is 3.16. The molecule has 0 spiro atoms. The molecule has 0 unspecified atom stereocenters. The van der Waals surface area contributed by atoms with E-state index in [1.54, 1.807) is 24.3 Å². The molecular formula is C20H14Cl2N2O4. The number of carbonyl (C=O) groups is 1. The fourth-order valence-electron chi connectivity index (χ4n) is 3.20. The van der Waals surface area contributed by atoms with E-state index in [0.29, 0.717) is 38.0 Å². The Kier molecular flexibility index (Phi) is 4.85. The fourth-order valence-corrected chi connectivity index (χ4v) is 3.65. The number of halogens is 2. The number of pyridine rings is 1. The molecule has 0 aliphatic heterocycles. The van der Waals surface area contributed by atoms with Gasteiger partial charge in [-0.3, -0.25) is 0 Å². The van der Waals surface area contributed by atoms with E-state index < -0.39 is 5.97 Å². The first-order valence-corrected chi connectivity index (χ1v) is 9.02. The molecule has 6 nitrogen and oxygen atoms in total. The number of H-pyrrole nitrogens is 1. The molecular weight excluding hydrogens is 403 g/mol. The monoisotopic (exact) mass is 416 g/mol. The largest absolute Gasteiger partial charge is 0.477 e. The highest BCUT2D eigenvalue weighted by Gasteiger charge is 2.21. The van der Waals surface area contributed by atoms with Gasteiger partial charge in [0.25, 0.3) is 0 Å². The number of methoxy groups -OCH3 is 1. The van der Waals surface area contributed by atoms with Crippen LogP contribution >= 0.6 is 23.2 Å². The lowest BCUT2D eigenvalue weighted by molar-refractivity contribution is 0.0685. The van der Waals surface area contributed by atoms with Gasteiger partial charge in [0.2, 0.25) is 0 Å². The van der Waals surface area contributed by atoms with E-state index in [4.69, 9.17) is 32.7 Å². The number of aromatic amines is 1. The van der Waals surface area contributed by atoms with Crippen molar-refractivity contribution in [3.05, 3.63) is 63.9 Å². The molecule has 0 aliphatic rings. The predicted octanol–water partition coefficient (Wildman–Crippen LogP) is 5.66. The van der Waals surface area contributed by atoms with Gasteiger partial charge in [-0.05, 0) is 30.3 Å². The van der Waals surface area contributed by atoms with Crippen LogP contribution in [0.3, 0.4) is 0 Å². The van der Waals surface area contributed by atoms with E-state index in [9.17, 15) is 9.90 Å². The Morgan fingerprint density at radius 1 is 1.14 bits per heavy atom. The van der Waals surface area contributed by atoms with Crippen LogP contribution in [0.15, 0.2) is 42.6 Å². The Morgan fingerprint density at radius 3 is 2.68 bits per heavy atom. The molecule has 0 fully saturated rings. The van der Waals surface area contributed by atoms with Gasteiger partial charge in [0.1, 0.15) is 11.5 Å². The Bertz CT molecular complexity index is 1220. The molecule has 2 N–H and O–H groups in total. The van der Waals surface area contributed by atoms with Crippen LogP contribution in [0.4, 0.5) is 0 Å². The number of aromatic nitrogens is 2. The van der Waals surface area contributed by atoms with Crippen molar-refractivity contribution in [1.29, 1.82) is 0 Å². The number of carboxylic acids is 1. The highest BCUT2D eigenvalue weighted by Crippen LogP contribution is 2.40. The molecule has 0 bridgehead atoms. The first-order chi connectivity index (χ1) is 13.5. The smallest absolute Gasteiger partial charge is 0.354 e. The zero-order valence-electron chi connectivity index (χ0n) is 14.6. The number of nitrogens with one attached hydrogen (secondary N) is 1. The van der Waals surface area contributed by atoms with Crippen LogP contribution in [-0.2, 0) is 11.3 Å². The summed E-state index contributed by atoms with van der Waals surface area (Å²) in [5.41, 5.74) is 1.87. The maximum absolute atomic E-state index is 11.7. The van der Waals surface area contributed by atoms with Gasteiger partial charge >= 0.3 is 5.97 Å². The molecule has 0 aliphatic carbocycles. The lowest BCUT2D eigenvalue weighted by atomic mass is 10.1. The normalized spacial score (nSPS) is 11.2. The van der Waals surface area contributed by atoms with Crippen molar-refractivity contribution < 1.29 is 19.4 Å². The van der Waals surface area contributed by atoms with Crippen LogP contribution in [0.5, 0.6) is 11.5 Å². The molecule has 4 aromatic rings. The number of ether oxygens (including phenoxy) is 2. The van der Waals surface area contributed by atoms with E-state index in [-0.39, 0.29) is 12.3 Å². The number of aromatic carboxylic acids is 1. The standard InChI is InChI=1S/C20H14Cl2N2O4/c1-27-9-11-17-14(8-23-19(11)20(25)26)24-13-3-2-4-16(18(13)17)28-15-6-5-10(21)7-12(15)22/h2-8,24H,9H2,1H3,(H,25,26). The number of hydrogen-bond acceptors (Lipinski definition) is 4. The molecule has 0 saturated heterocycles. The fraction of sp³-hybridized carbons (Fsp3) is 0.100. The van der Waals surface area contributed by atoms with Gasteiger partial charge in [-0.2, -0.15) is 0 Å². The number of carboxylic acid groups (broad SMARTS) is 1. The maximum Gasteiger partial charge on any atom is 0.354 e. The molecule has 4 rings (SSSR count). The van der Waals surface area contributed by atoms with Crippen LogP contribution in [0.1, 0.15) is 16.1 Å². The molecule has 8 heteroatoms. The zero-order chi connectivity index (χ0) is 19.8. The van der Waals surface area contributed by atoms with Crippen molar-refractivity contribution in [3.63, 3.8) is 0 Å². The number of hydrogen-bond donors (Lipinski definition) is 2. The van der Waals surface area contributed by atoms with Crippen LogP contribution in [-0.4, -0.2) is 28.2 Å². The molecule has 2 aromatic carbocycles. The van der Waals surface area contributed by atoms with Gasteiger partial charge in [-0.15, -0.1) is 0 Å². The second-order valence-electron chi connectivity index (χ2n) is 6.09. The summed E-state index contributed by atoms with van der Waals surface area (Å²) in [7, 11) is 1.50. The van der Waals surface area contributed by atoms with Gasteiger partial charge < -0.3 is 19.6 Å². The van der Waals surface area contributed by atoms with Gasteiger partial charge in [0, 0.05) is 23.1 Å². The van der Waals surface area contributed by atoms with Crippen LogP contribution in [0, 0.1) is 0 Å². The highest BCUT2D eigenvalue weighted by atomic mass is 35.5. The maximum atomic E-state index is 11.7. The molecule has 0 atom stereocenters. The van der Waals surface area contributed by atoms with Gasteiger partial charge in [0.15, 0.2) is 5.69 Å². The van der Waals surface area contributed by atoms with E-state index in [1.807, 2.05) is 12.1 Å². The number of fused-ring (bicyclic) bond motifs is 3. The summed E-state index contributed by atoms with van der Waals surface area (Å²) in [6, 6.07) is 10.5. The number of nitrogens with zero attached hydrogens (tertiary/aromatic N) is 1.